The lowest BCUT2D eigenvalue weighted by atomic mass is 9.94. The molecule has 1 aliphatic heterocycles. The summed E-state index contributed by atoms with van der Waals surface area (Å²) >= 11 is 0. The van der Waals surface area contributed by atoms with Crippen molar-refractivity contribution in [2.75, 3.05) is 33.4 Å². The first-order valence-corrected chi connectivity index (χ1v) is 17.2. The van der Waals surface area contributed by atoms with Gasteiger partial charge in [-0.15, -0.1) is 6.58 Å². The minimum absolute atomic E-state index is 0.0529. The number of rotatable bonds is 12. The molecular weight excluding hydrogens is 602 g/mol. The van der Waals surface area contributed by atoms with E-state index in [0.29, 0.717) is 58.3 Å². The largest absolute Gasteiger partial charge is 0.496 e. The maximum absolute atomic E-state index is 14.1. The molecule has 3 heterocycles. The fraction of sp³-hybridized carbons (Fsp3) is 0.389. The summed E-state index contributed by atoms with van der Waals surface area (Å²) < 4.78 is 39.6. The first-order valence-electron chi connectivity index (χ1n) is 15.8. The molecule has 0 bridgehead atoms. The van der Waals surface area contributed by atoms with Crippen LogP contribution in [0.1, 0.15) is 58.4 Å². The third-order valence-corrected chi connectivity index (χ3v) is 11.8. The second-order valence-electron chi connectivity index (χ2n) is 12.5. The molecule has 6 rings (SSSR count). The van der Waals surface area contributed by atoms with Crippen molar-refractivity contribution in [2.24, 2.45) is 0 Å². The Labute approximate surface area is 269 Å². The number of nitrogens with one attached hydrogen (secondary N) is 1. The molecule has 46 heavy (non-hydrogen) atoms. The van der Waals surface area contributed by atoms with Gasteiger partial charge >= 0.3 is 0 Å². The van der Waals surface area contributed by atoms with Crippen LogP contribution in [0.4, 0.5) is 0 Å². The van der Waals surface area contributed by atoms with Gasteiger partial charge < -0.3 is 14.5 Å². The van der Waals surface area contributed by atoms with Crippen molar-refractivity contribution in [3.05, 3.63) is 99.6 Å². The number of morpholine rings is 1. The number of carbonyl (C=O) groups is 1. The number of nitrogens with zero attached hydrogens (tertiary/aromatic N) is 2. The van der Waals surface area contributed by atoms with Crippen LogP contribution in [0.3, 0.4) is 0 Å². The number of methoxy groups -OCH3 is 1. The molecule has 2 aromatic carbocycles. The van der Waals surface area contributed by atoms with Crippen LogP contribution in [0.15, 0.2) is 66.1 Å². The van der Waals surface area contributed by atoms with Crippen LogP contribution >= 0.6 is 0 Å². The van der Waals surface area contributed by atoms with Crippen molar-refractivity contribution in [1.29, 1.82) is 0 Å². The fourth-order valence-electron chi connectivity index (χ4n) is 6.59. The number of ketones is 1. The molecule has 0 atom stereocenters. The molecule has 4 aromatic rings. The van der Waals surface area contributed by atoms with Gasteiger partial charge in [-0.05, 0) is 80.0 Å². The van der Waals surface area contributed by atoms with E-state index in [1.165, 1.54) is 16.6 Å². The maximum atomic E-state index is 14.1. The van der Waals surface area contributed by atoms with Crippen LogP contribution in [0.5, 0.6) is 5.75 Å². The lowest BCUT2D eigenvalue weighted by Crippen LogP contribution is -2.35. The molecule has 1 aliphatic carbocycles. The topological polar surface area (TPSA) is 111 Å². The molecule has 0 unspecified atom stereocenters. The fourth-order valence-corrected chi connectivity index (χ4v) is 8.65. The van der Waals surface area contributed by atoms with E-state index in [0.717, 1.165) is 44.0 Å². The Morgan fingerprint density at radius 2 is 1.80 bits per heavy atom. The Bertz CT molecular complexity index is 1960. The highest BCUT2D eigenvalue weighted by molar-refractivity contribution is 7.91. The van der Waals surface area contributed by atoms with Gasteiger partial charge in [-0.1, -0.05) is 30.3 Å². The first-order chi connectivity index (χ1) is 22.1. The van der Waals surface area contributed by atoms with Crippen molar-refractivity contribution in [3.8, 4) is 16.9 Å². The smallest absolute Gasteiger partial charge is 0.255 e. The number of aryl methyl sites for hydroxylation is 2. The van der Waals surface area contributed by atoms with Crippen LogP contribution in [0, 0.1) is 13.8 Å². The Balaban J connectivity index is 1.42. The van der Waals surface area contributed by atoms with Gasteiger partial charge in [0.1, 0.15) is 5.75 Å². The molecule has 1 saturated carbocycles. The predicted octanol–water partition coefficient (Wildman–Crippen LogP) is 5.56. The average Bonchev–Trinajstić information content (AvgIpc) is 3.76. The molecule has 2 aliphatic rings. The van der Waals surface area contributed by atoms with Crippen LogP contribution in [-0.4, -0.2) is 66.2 Å². The molecule has 0 radical (unpaired) electrons. The van der Waals surface area contributed by atoms with Gasteiger partial charge in [0.05, 0.1) is 36.2 Å². The third-order valence-electron chi connectivity index (χ3n) is 9.34. The lowest BCUT2D eigenvalue weighted by Gasteiger charge is -2.26. The Morgan fingerprint density at radius 3 is 2.46 bits per heavy atom. The molecule has 0 amide bonds. The summed E-state index contributed by atoms with van der Waals surface area (Å²) in [5, 5.41) is 0.612. The van der Waals surface area contributed by atoms with E-state index in [1.54, 1.807) is 25.3 Å². The standard InChI is InChI=1S/C36H41N3O6S/c1-5-12-36(13-14-36)46(42,43)39-22-24(2)34-30(32(40)11-10-29-33(44-4)19-25(3)37-35(29)41)20-28(21-31(34)39)27-8-6-26(7-9-27)23-38-15-17-45-18-16-38/h5-9,19-22H,1,10-18,23H2,2-4H3,(H,37,41). The zero-order valence-corrected chi connectivity index (χ0v) is 27.5. The first kappa shape index (κ1) is 32.0. The van der Waals surface area contributed by atoms with Gasteiger partial charge in [-0.25, -0.2) is 12.4 Å². The number of Topliss-reactive ketones (excluding diaryl/α,β-unsaturated/α-hetero) is 1. The number of benzene rings is 2. The van der Waals surface area contributed by atoms with Crippen LogP contribution in [0.25, 0.3) is 22.0 Å². The zero-order valence-electron chi connectivity index (χ0n) is 26.7. The van der Waals surface area contributed by atoms with Crippen molar-refractivity contribution >= 4 is 26.7 Å². The second-order valence-corrected chi connectivity index (χ2v) is 14.8. The molecule has 242 valence electrons. The van der Waals surface area contributed by atoms with Gasteiger partial charge in [0.2, 0.25) is 10.0 Å². The van der Waals surface area contributed by atoms with Gasteiger partial charge in [0.15, 0.2) is 5.78 Å². The summed E-state index contributed by atoms with van der Waals surface area (Å²) in [7, 11) is -2.27. The summed E-state index contributed by atoms with van der Waals surface area (Å²) in [6, 6.07) is 13.7. The molecule has 1 N–H and O–H groups in total. The number of H-pyrrole nitrogens is 1. The van der Waals surface area contributed by atoms with Crippen LogP contribution in [-0.2, 0) is 27.7 Å². The van der Waals surface area contributed by atoms with Crippen LogP contribution < -0.4 is 10.3 Å². The summed E-state index contributed by atoms with van der Waals surface area (Å²) in [6.07, 6.45) is 5.06. The number of ether oxygens (including phenoxy) is 2. The van der Waals surface area contributed by atoms with Gasteiger partial charge in [-0.2, -0.15) is 0 Å². The number of hydrogen-bond donors (Lipinski definition) is 1. The van der Waals surface area contributed by atoms with E-state index >= 15 is 0 Å². The Kier molecular flexibility index (Phi) is 8.80. The molecule has 10 heteroatoms. The molecule has 1 saturated heterocycles. The average molecular weight is 644 g/mol. The summed E-state index contributed by atoms with van der Waals surface area (Å²) in [5.41, 5.74) is 5.22. The SMILES string of the molecule is C=CCC1(S(=O)(=O)n2cc(C)c3c(C(=O)CCc4c(OC)cc(C)[nH]c4=O)cc(-c4ccc(CN5CCOCC5)cc4)cc32)CC1. The monoisotopic (exact) mass is 643 g/mol. The van der Waals surface area contributed by atoms with E-state index in [2.05, 4.69) is 28.6 Å². The summed E-state index contributed by atoms with van der Waals surface area (Å²) in [5.74, 6) is 0.263. The number of aromatic amines is 1. The Morgan fingerprint density at radius 1 is 1.09 bits per heavy atom. The summed E-state index contributed by atoms with van der Waals surface area (Å²) in [6.45, 7) is 11.5. The van der Waals surface area contributed by atoms with E-state index in [9.17, 15) is 18.0 Å². The molecule has 9 nitrogen and oxygen atoms in total. The third kappa shape index (κ3) is 5.97. The predicted molar refractivity (Wildman–Crippen MR) is 180 cm³/mol. The number of pyridine rings is 1. The van der Waals surface area contributed by atoms with E-state index in [1.807, 2.05) is 31.2 Å². The normalized spacial score (nSPS) is 16.4. The van der Waals surface area contributed by atoms with Crippen molar-refractivity contribution < 1.29 is 22.7 Å². The second kappa shape index (κ2) is 12.7. The molecule has 2 fully saturated rings. The van der Waals surface area contributed by atoms with Crippen molar-refractivity contribution in [1.82, 2.24) is 13.9 Å². The lowest BCUT2D eigenvalue weighted by molar-refractivity contribution is 0.0342. The number of hydrogen-bond acceptors (Lipinski definition) is 7. The van der Waals surface area contributed by atoms with E-state index in [-0.39, 0.29) is 24.2 Å². The maximum Gasteiger partial charge on any atom is 0.255 e. The zero-order chi connectivity index (χ0) is 32.6. The molecule has 2 aromatic heterocycles. The highest BCUT2D eigenvalue weighted by Crippen LogP contribution is 2.49. The van der Waals surface area contributed by atoms with Crippen molar-refractivity contribution in [2.45, 2.75) is 57.2 Å². The Hall–Kier alpha value is -3.99. The highest BCUT2D eigenvalue weighted by Gasteiger charge is 2.54. The quantitative estimate of drug-likeness (QED) is 0.159. The molecular formula is C36H41N3O6S. The number of allylic oxidation sites excluding steroid dienone is 1. The van der Waals surface area contributed by atoms with Crippen LogP contribution in [0.2, 0.25) is 0 Å². The van der Waals surface area contributed by atoms with Crippen molar-refractivity contribution in [3.63, 3.8) is 0 Å². The minimum Gasteiger partial charge on any atom is -0.496 e. The minimum atomic E-state index is -3.78. The molecule has 0 spiro atoms. The number of carbonyl (C=O) groups excluding carboxylic acids is 1. The van der Waals surface area contributed by atoms with E-state index in [4.69, 9.17) is 9.47 Å². The number of aromatic nitrogens is 2. The van der Waals surface area contributed by atoms with Gasteiger partial charge in [0, 0.05) is 48.9 Å². The van der Waals surface area contributed by atoms with Gasteiger partial charge in [0.25, 0.3) is 5.56 Å². The summed E-state index contributed by atoms with van der Waals surface area (Å²) in [4.78, 5) is 32.0. The van der Waals surface area contributed by atoms with E-state index < -0.39 is 14.8 Å². The van der Waals surface area contributed by atoms with Gasteiger partial charge in [-0.3, -0.25) is 14.5 Å². The highest BCUT2D eigenvalue weighted by atomic mass is 32.2. The number of fused-ring (bicyclic) bond motifs is 1.